The third-order valence-electron chi connectivity index (χ3n) is 4.77. The summed E-state index contributed by atoms with van der Waals surface area (Å²) < 4.78 is 4.82. The van der Waals surface area contributed by atoms with Crippen LogP contribution in [0.2, 0.25) is 0 Å². The number of nitrogens with one attached hydrogen (secondary N) is 1. The predicted octanol–water partition coefficient (Wildman–Crippen LogP) is 2.11. The highest BCUT2D eigenvalue weighted by Gasteiger charge is 2.36. The number of hydrogen-bond donors (Lipinski definition) is 2. The third-order valence-corrected chi connectivity index (χ3v) is 4.77. The minimum Gasteiger partial charge on any atom is -0.511 e. The van der Waals surface area contributed by atoms with E-state index in [0.29, 0.717) is 12.1 Å². The second-order valence-corrected chi connectivity index (χ2v) is 5.96. The topological polar surface area (TPSA) is 65.6 Å². The molecule has 114 valence electrons. The molecule has 0 spiro atoms. The maximum absolute atomic E-state index is 11.9. The number of para-hydroxylation sites is 1. The van der Waals surface area contributed by atoms with Gasteiger partial charge in [-0.3, -0.25) is 4.90 Å². The first-order chi connectivity index (χ1) is 10.7. The van der Waals surface area contributed by atoms with Gasteiger partial charge in [0.1, 0.15) is 5.76 Å². The lowest BCUT2D eigenvalue weighted by molar-refractivity contribution is -0.136. The second kappa shape index (κ2) is 4.88. The first-order valence-corrected chi connectivity index (χ1v) is 7.51. The van der Waals surface area contributed by atoms with E-state index in [2.05, 4.69) is 16.0 Å². The van der Waals surface area contributed by atoms with Crippen LogP contribution in [0.3, 0.4) is 0 Å². The molecule has 0 fully saturated rings. The minimum absolute atomic E-state index is 0.151. The van der Waals surface area contributed by atoms with Crippen LogP contribution in [0.5, 0.6) is 0 Å². The number of aromatic nitrogens is 1. The number of nitrogens with zero attached hydrogens (tertiary/aromatic N) is 1. The van der Waals surface area contributed by atoms with Crippen molar-refractivity contribution < 1.29 is 14.6 Å². The maximum Gasteiger partial charge on any atom is 0.338 e. The predicted molar refractivity (Wildman–Crippen MR) is 82.9 cm³/mol. The van der Waals surface area contributed by atoms with Gasteiger partial charge < -0.3 is 14.8 Å². The van der Waals surface area contributed by atoms with Gasteiger partial charge in [0.05, 0.1) is 18.6 Å². The first-order valence-electron chi connectivity index (χ1n) is 7.51. The monoisotopic (exact) mass is 298 g/mol. The summed E-state index contributed by atoms with van der Waals surface area (Å²) in [5, 5.41) is 11.8. The van der Waals surface area contributed by atoms with Gasteiger partial charge in [-0.25, -0.2) is 4.79 Å². The van der Waals surface area contributed by atoms with Crippen LogP contribution in [-0.2, 0) is 16.0 Å². The smallest absolute Gasteiger partial charge is 0.338 e. The summed E-state index contributed by atoms with van der Waals surface area (Å²) in [6.07, 6.45) is 0.914. The molecule has 0 amide bonds. The van der Waals surface area contributed by atoms with Crippen LogP contribution >= 0.6 is 0 Å². The molecule has 0 saturated heterocycles. The van der Waals surface area contributed by atoms with Gasteiger partial charge in [0.25, 0.3) is 0 Å². The van der Waals surface area contributed by atoms with E-state index >= 15 is 0 Å². The largest absolute Gasteiger partial charge is 0.511 e. The molecule has 2 atom stereocenters. The standard InChI is InChI=1S/C17H18N2O3/c1-22-17(21)13-9-19-7-6-11-10-4-2-3-5-14(10)18-15(11)12(8-19)16(13)20/h2-5,12,18,20H,6-9H2,1H3/t12-/m1/s1. The molecule has 4 rings (SSSR count). The van der Waals surface area contributed by atoms with Crippen LogP contribution in [0, 0.1) is 0 Å². The zero-order chi connectivity index (χ0) is 15.3. The number of aliphatic hydroxyl groups is 1. The average molecular weight is 298 g/mol. The molecular weight excluding hydrogens is 280 g/mol. The molecule has 2 bridgehead atoms. The van der Waals surface area contributed by atoms with Crippen LogP contribution in [0.1, 0.15) is 17.2 Å². The SMILES string of the molecule is COC(=O)C1=C(O)[C@@H]2CN(CCc3c2[nH]c2ccccc32)C1. The number of H-pyrrole nitrogens is 1. The van der Waals surface area contributed by atoms with Crippen LogP contribution in [0.25, 0.3) is 10.9 Å². The highest BCUT2D eigenvalue weighted by Crippen LogP contribution is 2.38. The number of carbonyl (C=O) groups excluding carboxylic acids is 1. The Morgan fingerprint density at radius 2 is 2.23 bits per heavy atom. The number of esters is 1. The maximum atomic E-state index is 11.9. The van der Waals surface area contributed by atoms with Crippen LogP contribution in [-0.4, -0.2) is 47.7 Å². The second-order valence-electron chi connectivity index (χ2n) is 5.96. The summed E-state index contributed by atoms with van der Waals surface area (Å²) >= 11 is 0. The van der Waals surface area contributed by atoms with Crippen LogP contribution in [0.4, 0.5) is 0 Å². The molecule has 2 aliphatic heterocycles. The zero-order valence-corrected chi connectivity index (χ0v) is 12.4. The third kappa shape index (κ3) is 1.85. The quantitative estimate of drug-likeness (QED) is 0.791. The van der Waals surface area contributed by atoms with E-state index in [1.54, 1.807) is 0 Å². The number of benzene rings is 1. The fourth-order valence-electron chi connectivity index (χ4n) is 3.67. The van der Waals surface area contributed by atoms with Gasteiger partial charge in [0, 0.05) is 36.2 Å². The summed E-state index contributed by atoms with van der Waals surface area (Å²) in [4.78, 5) is 17.6. The number of hydrogen-bond acceptors (Lipinski definition) is 4. The molecule has 3 heterocycles. The molecule has 5 heteroatoms. The van der Waals surface area contributed by atoms with Crippen molar-refractivity contribution in [3.05, 3.63) is 46.9 Å². The fourth-order valence-corrected chi connectivity index (χ4v) is 3.67. The van der Waals surface area contributed by atoms with Crippen molar-refractivity contribution in [1.29, 1.82) is 0 Å². The van der Waals surface area contributed by atoms with Crippen molar-refractivity contribution in [2.75, 3.05) is 26.7 Å². The van der Waals surface area contributed by atoms with Crippen molar-refractivity contribution in [1.82, 2.24) is 9.88 Å². The Kier molecular flexibility index (Phi) is 2.97. The molecule has 0 saturated carbocycles. The number of aliphatic hydroxyl groups excluding tert-OH is 1. The van der Waals surface area contributed by atoms with E-state index < -0.39 is 5.97 Å². The molecule has 2 N–H and O–H groups in total. The van der Waals surface area contributed by atoms with Gasteiger partial charge in [0.2, 0.25) is 0 Å². The van der Waals surface area contributed by atoms with Crippen molar-refractivity contribution in [3.63, 3.8) is 0 Å². The molecule has 1 unspecified atom stereocenters. The van der Waals surface area contributed by atoms with Gasteiger partial charge in [-0.1, -0.05) is 18.2 Å². The lowest BCUT2D eigenvalue weighted by Crippen LogP contribution is -2.38. The van der Waals surface area contributed by atoms with Crippen molar-refractivity contribution in [2.24, 2.45) is 0 Å². The van der Waals surface area contributed by atoms with Crippen LogP contribution in [0.15, 0.2) is 35.6 Å². The lowest BCUT2D eigenvalue weighted by Gasteiger charge is -2.30. The van der Waals surface area contributed by atoms with Gasteiger partial charge in [-0.15, -0.1) is 0 Å². The van der Waals surface area contributed by atoms with E-state index in [9.17, 15) is 9.90 Å². The Balaban J connectivity index is 1.90. The summed E-state index contributed by atoms with van der Waals surface area (Å²) in [5.41, 5.74) is 3.74. The molecule has 22 heavy (non-hydrogen) atoms. The van der Waals surface area contributed by atoms with Crippen molar-refractivity contribution in [3.8, 4) is 0 Å². The van der Waals surface area contributed by atoms with E-state index in [4.69, 9.17) is 4.74 Å². The van der Waals surface area contributed by atoms with Crippen molar-refractivity contribution >= 4 is 16.9 Å². The number of methoxy groups -OCH3 is 1. The zero-order valence-electron chi connectivity index (χ0n) is 12.4. The van der Waals surface area contributed by atoms with Crippen LogP contribution < -0.4 is 0 Å². The van der Waals surface area contributed by atoms with Crippen molar-refractivity contribution in [2.45, 2.75) is 12.3 Å². The van der Waals surface area contributed by atoms with Gasteiger partial charge in [-0.2, -0.15) is 0 Å². The average Bonchev–Trinajstić information content (AvgIpc) is 2.84. The van der Waals surface area contributed by atoms with E-state index in [1.807, 2.05) is 18.2 Å². The number of rotatable bonds is 1. The van der Waals surface area contributed by atoms with E-state index in [0.717, 1.165) is 30.7 Å². The molecule has 2 aliphatic rings. The minimum atomic E-state index is -0.438. The number of aromatic amines is 1. The molecule has 0 radical (unpaired) electrons. The summed E-state index contributed by atoms with van der Waals surface area (Å²) in [5.74, 6) is -0.475. The fraction of sp³-hybridized carbons (Fsp3) is 0.353. The number of carbonyl (C=O) groups is 1. The van der Waals surface area contributed by atoms with Gasteiger partial charge >= 0.3 is 5.97 Å². The number of ether oxygens (including phenoxy) is 1. The summed E-state index contributed by atoms with van der Waals surface area (Å²) in [7, 11) is 1.35. The Bertz CT molecular complexity index is 790. The first kappa shape index (κ1) is 13.4. The molecule has 0 aliphatic carbocycles. The Morgan fingerprint density at radius 1 is 1.41 bits per heavy atom. The normalized spacial score (nSPS) is 24.0. The molecular formula is C17H18N2O3. The lowest BCUT2D eigenvalue weighted by atomic mass is 9.93. The molecule has 5 nitrogen and oxygen atoms in total. The summed E-state index contributed by atoms with van der Waals surface area (Å²) in [6.45, 7) is 2.06. The highest BCUT2D eigenvalue weighted by molar-refractivity contribution is 5.90. The number of fused-ring (bicyclic) bond motifs is 6. The highest BCUT2D eigenvalue weighted by atomic mass is 16.5. The Labute approximate surface area is 128 Å². The Hall–Kier alpha value is -2.27. The Morgan fingerprint density at radius 3 is 3.05 bits per heavy atom. The summed E-state index contributed by atoms with van der Waals surface area (Å²) in [6, 6.07) is 8.19. The molecule has 1 aromatic heterocycles. The molecule has 1 aromatic carbocycles. The molecule has 2 aromatic rings. The van der Waals surface area contributed by atoms with Gasteiger partial charge in [0.15, 0.2) is 0 Å². The van der Waals surface area contributed by atoms with Gasteiger partial charge in [-0.05, 0) is 18.1 Å². The van der Waals surface area contributed by atoms with E-state index in [-0.39, 0.29) is 11.7 Å². The van der Waals surface area contributed by atoms with E-state index in [1.165, 1.54) is 18.1 Å².